The predicted octanol–water partition coefficient (Wildman–Crippen LogP) is 0.261. The van der Waals surface area contributed by atoms with Crippen molar-refractivity contribution in [3.63, 3.8) is 0 Å². The number of carbonyl (C=O) groups is 1. The Kier molecular flexibility index (Phi) is 4.87. The lowest BCUT2D eigenvalue weighted by Gasteiger charge is -2.38. The normalized spacial score (nSPS) is 24.4. The van der Waals surface area contributed by atoms with Crippen LogP contribution in [0.1, 0.15) is 25.7 Å². The van der Waals surface area contributed by atoms with Gasteiger partial charge in [-0.3, -0.25) is 9.48 Å². The average Bonchev–Trinajstić information content (AvgIpc) is 3.02. The highest BCUT2D eigenvalue weighted by Crippen LogP contribution is 2.30. The van der Waals surface area contributed by atoms with Crippen LogP contribution in [0.25, 0.3) is 0 Å². The summed E-state index contributed by atoms with van der Waals surface area (Å²) >= 11 is 0. The number of carbonyl (C=O) groups excluding carboxylic acids is 1. The molecule has 0 aliphatic carbocycles. The molecule has 1 atom stereocenters. The van der Waals surface area contributed by atoms with Gasteiger partial charge in [0.2, 0.25) is 5.91 Å². The van der Waals surface area contributed by atoms with Crippen molar-refractivity contribution in [3.8, 4) is 0 Å². The second-order valence-electron chi connectivity index (χ2n) is 6.73. The first kappa shape index (κ1) is 16.3. The van der Waals surface area contributed by atoms with E-state index < -0.39 is 5.41 Å². The van der Waals surface area contributed by atoms with Gasteiger partial charge in [-0.1, -0.05) is 0 Å². The summed E-state index contributed by atoms with van der Waals surface area (Å²) < 4.78 is 7.20. The lowest BCUT2D eigenvalue weighted by molar-refractivity contribution is -0.136. The van der Waals surface area contributed by atoms with E-state index in [-0.39, 0.29) is 11.9 Å². The summed E-state index contributed by atoms with van der Waals surface area (Å²) in [7, 11) is 1.92. The highest BCUT2D eigenvalue weighted by atomic mass is 16.5. The van der Waals surface area contributed by atoms with Crippen molar-refractivity contribution < 1.29 is 9.53 Å². The minimum absolute atomic E-state index is 0.0985. The van der Waals surface area contributed by atoms with Crippen LogP contribution in [-0.4, -0.2) is 54.6 Å². The summed E-state index contributed by atoms with van der Waals surface area (Å²) in [5, 5.41) is 7.48. The van der Waals surface area contributed by atoms with E-state index in [1.807, 2.05) is 24.1 Å². The number of nitrogens with zero attached hydrogens (tertiary/aromatic N) is 3. The van der Waals surface area contributed by atoms with E-state index in [9.17, 15) is 4.79 Å². The minimum Gasteiger partial charge on any atom is -0.381 e. The number of hydrogen-bond donors (Lipinski definition) is 2. The van der Waals surface area contributed by atoms with Crippen LogP contribution in [0.4, 0.5) is 5.69 Å². The summed E-state index contributed by atoms with van der Waals surface area (Å²) in [5.41, 5.74) is 6.59. The molecule has 1 aromatic rings. The zero-order valence-corrected chi connectivity index (χ0v) is 13.8. The number of rotatable bonds is 4. The fraction of sp³-hybridized carbons (Fsp3) is 0.750. The summed E-state index contributed by atoms with van der Waals surface area (Å²) in [5.74, 6) is 0.0985. The van der Waals surface area contributed by atoms with Crippen LogP contribution in [0, 0.1) is 5.41 Å². The topological polar surface area (TPSA) is 85.4 Å². The zero-order chi connectivity index (χ0) is 16.3. The third-order valence-electron chi connectivity index (χ3n) is 5.14. The van der Waals surface area contributed by atoms with E-state index in [2.05, 4.69) is 15.3 Å². The van der Waals surface area contributed by atoms with E-state index >= 15 is 0 Å². The van der Waals surface area contributed by atoms with Gasteiger partial charge in [-0.15, -0.1) is 0 Å². The van der Waals surface area contributed by atoms with Crippen molar-refractivity contribution in [2.75, 3.05) is 37.7 Å². The zero-order valence-electron chi connectivity index (χ0n) is 13.8. The smallest absolute Gasteiger partial charge is 0.227 e. The number of nitrogens with two attached hydrogens (primary N) is 1. The highest BCUT2D eigenvalue weighted by Gasteiger charge is 2.39. The molecule has 7 heteroatoms. The first-order valence-electron chi connectivity index (χ1n) is 8.45. The first-order valence-corrected chi connectivity index (χ1v) is 8.45. The van der Waals surface area contributed by atoms with Crippen LogP contribution in [0.2, 0.25) is 0 Å². The number of hydrogen-bond acceptors (Lipinski definition) is 5. The van der Waals surface area contributed by atoms with E-state index in [0.717, 1.165) is 31.6 Å². The SMILES string of the molecule is Cn1cc(N2CCCC(NC(=O)C3(CN)CCOCC3)C2)cn1. The molecule has 2 saturated heterocycles. The van der Waals surface area contributed by atoms with Gasteiger partial charge >= 0.3 is 0 Å². The third-order valence-corrected chi connectivity index (χ3v) is 5.14. The van der Waals surface area contributed by atoms with Gasteiger partial charge in [0.25, 0.3) is 0 Å². The Morgan fingerprint density at radius 3 is 2.96 bits per heavy atom. The third kappa shape index (κ3) is 3.50. The predicted molar refractivity (Wildman–Crippen MR) is 88.1 cm³/mol. The van der Waals surface area contributed by atoms with Gasteiger partial charge in [-0.05, 0) is 25.7 Å². The van der Waals surface area contributed by atoms with Gasteiger partial charge in [-0.2, -0.15) is 5.10 Å². The van der Waals surface area contributed by atoms with Crippen molar-refractivity contribution in [3.05, 3.63) is 12.4 Å². The van der Waals surface area contributed by atoms with Crippen molar-refractivity contribution in [1.82, 2.24) is 15.1 Å². The molecular weight excluding hydrogens is 294 g/mol. The van der Waals surface area contributed by atoms with Crippen LogP contribution in [0.5, 0.6) is 0 Å². The van der Waals surface area contributed by atoms with Gasteiger partial charge < -0.3 is 20.7 Å². The molecule has 0 saturated carbocycles. The van der Waals surface area contributed by atoms with Gasteiger partial charge in [0, 0.05) is 52.1 Å². The summed E-state index contributed by atoms with van der Waals surface area (Å²) in [4.78, 5) is 15.1. The molecule has 3 rings (SSSR count). The molecule has 2 aliphatic heterocycles. The minimum atomic E-state index is -0.450. The van der Waals surface area contributed by atoms with Crippen molar-refractivity contribution in [2.24, 2.45) is 18.2 Å². The maximum absolute atomic E-state index is 12.8. The van der Waals surface area contributed by atoms with E-state index in [1.54, 1.807) is 0 Å². The van der Waals surface area contributed by atoms with Crippen LogP contribution >= 0.6 is 0 Å². The van der Waals surface area contributed by atoms with Crippen LogP contribution < -0.4 is 16.0 Å². The molecule has 0 spiro atoms. The quantitative estimate of drug-likeness (QED) is 0.831. The number of amides is 1. The molecule has 1 unspecified atom stereocenters. The lowest BCUT2D eigenvalue weighted by atomic mass is 9.79. The number of aromatic nitrogens is 2. The molecule has 3 heterocycles. The largest absolute Gasteiger partial charge is 0.381 e. The van der Waals surface area contributed by atoms with Gasteiger partial charge in [-0.25, -0.2) is 0 Å². The van der Waals surface area contributed by atoms with Crippen molar-refractivity contribution >= 4 is 11.6 Å². The molecule has 0 radical (unpaired) electrons. The average molecular weight is 321 g/mol. The number of piperidine rings is 1. The van der Waals surface area contributed by atoms with E-state index in [0.29, 0.717) is 32.6 Å². The number of nitrogens with one attached hydrogen (secondary N) is 1. The van der Waals surface area contributed by atoms with Gasteiger partial charge in [0.05, 0.1) is 17.3 Å². The Morgan fingerprint density at radius 1 is 1.52 bits per heavy atom. The number of ether oxygens (including phenoxy) is 1. The summed E-state index contributed by atoms with van der Waals surface area (Å²) in [6.07, 6.45) is 7.41. The van der Waals surface area contributed by atoms with Crippen LogP contribution in [0.3, 0.4) is 0 Å². The molecule has 7 nitrogen and oxygen atoms in total. The Morgan fingerprint density at radius 2 is 2.30 bits per heavy atom. The monoisotopic (exact) mass is 321 g/mol. The number of aryl methyl sites for hydroxylation is 1. The fourth-order valence-electron chi connectivity index (χ4n) is 3.53. The van der Waals surface area contributed by atoms with Gasteiger partial charge in [0.1, 0.15) is 0 Å². The van der Waals surface area contributed by atoms with Crippen molar-refractivity contribution in [1.29, 1.82) is 0 Å². The maximum Gasteiger partial charge on any atom is 0.227 e. The molecule has 2 aliphatic rings. The molecule has 3 N–H and O–H groups in total. The highest BCUT2D eigenvalue weighted by molar-refractivity contribution is 5.83. The van der Waals surface area contributed by atoms with Crippen molar-refractivity contribution in [2.45, 2.75) is 31.7 Å². The van der Waals surface area contributed by atoms with Gasteiger partial charge in [0.15, 0.2) is 0 Å². The molecular formula is C16H27N5O2. The number of anilines is 1. The molecule has 128 valence electrons. The summed E-state index contributed by atoms with van der Waals surface area (Å²) in [6, 6.07) is 0.169. The molecule has 0 bridgehead atoms. The Balaban J connectivity index is 1.61. The maximum atomic E-state index is 12.8. The summed E-state index contributed by atoms with van der Waals surface area (Å²) in [6.45, 7) is 3.47. The second-order valence-corrected chi connectivity index (χ2v) is 6.73. The molecule has 23 heavy (non-hydrogen) atoms. The second kappa shape index (κ2) is 6.88. The molecule has 2 fully saturated rings. The van der Waals surface area contributed by atoms with Crippen LogP contribution in [0.15, 0.2) is 12.4 Å². The lowest BCUT2D eigenvalue weighted by Crippen LogP contribution is -2.55. The van der Waals surface area contributed by atoms with E-state index in [1.165, 1.54) is 0 Å². The Bertz CT molecular complexity index is 538. The molecule has 0 aromatic carbocycles. The molecule has 1 aromatic heterocycles. The van der Waals surface area contributed by atoms with E-state index in [4.69, 9.17) is 10.5 Å². The first-order chi connectivity index (χ1) is 11.1. The van der Waals surface area contributed by atoms with Crippen LogP contribution in [-0.2, 0) is 16.6 Å². The fourth-order valence-corrected chi connectivity index (χ4v) is 3.53. The molecule has 1 amide bonds. The standard InChI is InChI=1S/C16H27N5O2/c1-20-11-14(9-18-20)21-6-2-3-13(10-21)19-15(22)16(12-17)4-7-23-8-5-16/h9,11,13H,2-8,10,12,17H2,1H3,(H,19,22). The Hall–Kier alpha value is -1.60. The Labute approximate surface area is 137 Å².